The van der Waals surface area contributed by atoms with Crippen molar-refractivity contribution >= 4 is 21.6 Å². The van der Waals surface area contributed by atoms with E-state index in [1.807, 2.05) is 18.2 Å². The Kier molecular flexibility index (Phi) is 4.62. The van der Waals surface area contributed by atoms with E-state index in [9.17, 15) is 5.26 Å². The third-order valence-electron chi connectivity index (χ3n) is 3.46. The molecule has 0 heterocycles. The highest BCUT2D eigenvalue weighted by Crippen LogP contribution is 2.32. The van der Waals surface area contributed by atoms with Crippen molar-refractivity contribution in [2.75, 3.05) is 18.1 Å². The molecule has 1 aromatic carbocycles. The van der Waals surface area contributed by atoms with Gasteiger partial charge in [0.15, 0.2) is 0 Å². The molecule has 1 aromatic rings. The Balaban J connectivity index is 2.26. The van der Waals surface area contributed by atoms with E-state index in [4.69, 9.17) is 5.11 Å². The molecular formula is C14H17BrN2O. The zero-order valence-electron chi connectivity index (χ0n) is 10.3. The molecule has 18 heavy (non-hydrogen) atoms. The lowest BCUT2D eigenvalue weighted by Crippen LogP contribution is -2.41. The SMILES string of the molecule is N#Cc1cc(Br)ccc1N(CCCO)C1CCC1. The molecule has 0 aromatic heterocycles. The van der Waals surface area contributed by atoms with Crippen LogP contribution in [-0.2, 0) is 0 Å². The first-order valence-corrected chi connectivity index (χ1v) is 7.12. The Morgan fingerprint density at radius 2 is 2.22 bits per heavy atom. The van der Waals surface area contributed by atoms with E-state index in [0.717, 1.165) is 23.1 Å². The first kappa shape index (κ1) is 13.4. The lowest BCUT2D eigenvalue weighted by atomic mass is 9.90. The molecule has 0 radical (unpaired) electrons. The Hall–Kier alpha value is -1.05. The first-order chi connectivity index (χ1) is 8.76. The van der Waals surface area contributed by atoms with E-state index >= 15 is 0 Å². The molecule has 0 atom stereocenters. The van der Waals surface area contributed by atoms with Crippen LogP contribution in [0.1, 0.15) is 31.2 Å². The van der Waals surface area contributed by atoms with E-state index in [1.165, 1.54) is 19.3 Å². The Labute approximate surface area is 116 Å². The van der Waals surface area contributed by atoms with Crippen LogP contribution >= 0.6 is 15.9 Å². The molecule has 3 nitrogen and oxygen atoms in total. The number of hydrogen-bond donors (Lipinski definition) is 1. The second-order valence-electron chi connectivity index (χ2n) is 4.63. The molecule has 2 rings (SSSR count). The summed E-state index contributed by atoms with van der Waals surface area (Å²) in [5.41, 5.74) is 1.70. The van der Waals surface area contributed by atoms with Gasteiger partial charge in [-0.05, 0) is 43.9 Å². The summed E-state index contributed by atoms with van der Waals surface area (Å²) in [6.45, 7) is 1.01. The average molecular weight is 309 g/mol. The molecule has 0 amide bonds. The highest BCUT2D eigenvalue weighted by molar-refractivity contribution is 9.10. The second-order valence-corrected chi connectivity index (χ2v) is 5.54. The van der Waals surface area contributed by atoms with Crippen molar-refractivity contribution in [1.82, 2.24) is 0 Å². The zero-order valence-corrected chi connectivity index (χ0v) is 11.9. The van der Waals surface area contributed by atoms with Gasteiger partial charge in [0, 0.05) is 23.7 Å². The Morgan fingerprint density at radius 1 is 1.44 bits per heavy atom. The predicted octanol–water partition coefficient (Wildman–Crippen LogP) is 3.06. The molecule has 0 aliphatic heterocycles. The summed E-state index contributed by atoms with van der Waals surface area (Å²) < 4.78 is 0.929. The highest BCUT2D eigenvalue weighted by atomic mass is 79.9. The maximum Gasteiger partial charge on any atom is 0.101 e. The van der Waals surface area contributed by atoms with Crippen LogP contribution in [0.25, 0.3) is 0 Å². The molecule has 0 spiro atoms. The van der Waals surface area contributed by atoms with Gasteiger partial charge in [0.05, 0.1) is 11.3 Å². The van der Waals surface area contributed by atoms with Crippen molar-refractivity contribution in [2.45, 2.75) is 31.7 Å². The monoisotopic (exact) mass is 308 g/mol. The quantitative estimate of drug-likeness (QED) is 0.909. The zero-order chi connectivity index (χ0) is 13.0. The number of aliphatic hydroxyl groups is 1. The van der Waals surface area contributed by atoms with Crippen molar-refractivity contribution < 1.29 is 5.11 Å². The number of hydrogen-bond acceptors (Lipinski definition) is 3. The fraction of sp³-hybridized carbons (Fsp3) is 0.500. The summed E-state index contributed by atoms with van der Waals surface area (Å²) >= 11 is 3.40. The fourth-order valence-electron chi connectivity index (χ4n) is 2.29. The highest BCUT2D eigenvalue weighted by Gasteiger charge is 2.26. The Morgan fingerprint density at radius 3 is 2.78 bits per heavy atom. The molecule has 96 valence electrons. The maximum absolute atomic E-state index is 9.24. The summed E-state index contributed by atoms with van der Waals surface area (Å²) in [5, 5.41) is 18.2. The molecule has 1 aliphatic rings. The van der Waals surface area contributed by atoms with Crippen LogP contribution in [0.4, 0.5) is 5.69 Å². The standard InChI is InChI=1S/C14H17BrN2O/c15-12-5-6-14(11(9-12)10-16)17(7-2-8-18)13-3-1-4-13/h5-6,9,13,18H,1-4,7-8H2. The van der Waals surface area contributed by atoms with Gasteiger partial charge < -0.3 is 10.0 Å². The summed E-state index contributed by atoms with van der Waals surface area (Å²) in [4.78, 5) is 2.28. The minimum Gasteiger partial charge on any atom is -0.396 e. The molecule has 1 N–H and O–H groups in total. The number of benzene rings is 1. The van der Waals surface area contributed by atoms with Crippen LogP contribution in [0, 0.1) is 11.3 Å². The Bertz CT molecular complexity index is 452. The van der Waals surface area contributed by atoms with Gasteiger partial charge in [0.2, 0.25) is 0 Å². The van der Waals surface area contributed by atoms with E-state index in [0.29, 0.717) is 11.6 Å². The molecule has 0 unspecified atom stereocenters. The fourth-order valence-corrected chi connectivity index (χ4v) is 2.65. The molecule has 1 saturated carbocycles. The van der Waals surface area contributed by atoms with E-state index in [2.05, 4.69) is 26.9 Å². The molecular weight excluding hydrogens is 292 g/mol. The molecule has 0 bridgehead atoms. The summed E-state index contributed by atoms with van der Waals surface area (Å²) in [7, 11) is 0. The largest absolute Gasteiger partial charge is 0.396 e. The van der Waals surface area contributed by atoms with Gasteiger partial charge in [-0.1, -0.05) is 15.9 Å². The lowest BCUT2D eigenvalue weighted by molar-refractivity contribution is 0.283. The van der Waals surface area contributed by atoms with E-state index in [-0.39, 0.29) is 6.61 Å². The van der Waals surface area contributed by atoms with Crippen molar-refractivity contribution in [3.63, 3.8) is 0 Å². The van der Waals surface area contributed by atoms with Crippen LogP contribution in [0.15, 0.2) is 22.7 Å². The minimum atomic E-state index is 0.196. The van der Waals surface area contributed by atoms with Crippen molar-refractivity contribution in [3.8, 4) is 6.07 Å². The van der Waals surface area contributed by atoms with Crippen LogP contribution in [-0.4, -0.2) is 24.3 Å². The van der Waals surface area contributed by atoms with Crippen molar-refractivity contribution in [2.24, 2.45) is 0 Å². The van der Waals surface area contributed by atoms with Gasteiger partial charge in [-0.15, -0.1) is 0 Å². The number of nitrogens with zero attached hydrogens (tertiary/aromatic N) is 2. The predicted molar refractivity (Wildman–Crippen MR) is 75.5 cm³/mol. The second kappa shape index (κ2) is 6.21. The summed E-state index contributed by atoms with van der Waals surface area (Å²) in [5.74, 6) is 0. The smallest absolute Gasteiger partial charge is 0.101 e. The van der Waals surface area contributed by atoms with Gasteiger partial charge in [-0.2, -0.15) is 5.26 Å². The number of aliphatic hydroxyl groups excluding tert-OH is 1. The minimum absolute atomic E-state index is 0.196. The maximum atomic E-state index is 9.24. The van der Waals surface area contributed by atoms with Crippen molar-refractivity contribution in [1.29, 1.82) is 5.26 Å². The molecule has 1 aliphatic carbocycles. The third kappa shape index (κ3) is 2.85. The first-order valence-electron chi connectivity index (χ1n) is 6.33. The lowest BCUT2D eigenvalue weighted by Gasteiger charge is -2.39. The van der Waals surface area contributed by atoms with Crippen LogP contribution < -0.4 is 4.90 Å². The van der Waals surface area contributed by atoms with Gasteiger partial charge >= 0.3 is 0 Å². The molecule has 1 fully saturated rings. The van der Waals surface area contributed by atoms with E-state index in [1.54, 1.807) is 0 Å². The van der Waals surface area contributed by atoms with Gasteiger partial charge in [-0.25, -0.2) is 0 Å². The van der Waals surface area contributed by atoms with Crippen molar-refractivity contribution in [3.05, 3.63) is 28.2 Å². The van der Waals surface area contributed by atoms with E-state index < -0.39 is 0 Å². The van der Waals surface area contributed by atoms with Crippen LogP contribution in [0.3, 0.4) is 0 Å². The van der Waals surface area contributed by atoms with Gasteiger partial charge in [-0.3, -0.25) is 0 Å². The summed E-state index contributed by atoms with van der Waals surface area (Å²) in [6, 6.07) is 8.63. The molecule has 4 heteroatoms. The van der Waals surface area contributed by atoms with Gasteiger partial charge in [0.25, 0.3) is 0 Å². The van der Waals surface area contributed by atoms with Crippen LogP contribution in [0.2, 0.25) is 0 Å². The number of halogens is 1. The summed E-state index contributed by atoms with van der Waals surface area (Å²) in [6.07, 6.45) is 4.38. The van der Waals surface area contributed by atoms with Crippen LogP contribution in [0.5, 0.6) is 0 Å². The number of nitriles is 1. The average Bonchev–Trinajstić information content (AvgIpc) is 2.32. The van der Waals surface area contributed by atoms with Gasteiger partial charge in [0.1, 0.15) is 6.07 Å². The number of rotatable bonds is 5. The normalized spacial score (nSPS) is 14.9. The topological polar surface area (TPSA) is 47.3 Å². The third-order valence-corrected chi connectivity index (χ3v) is 3.95. The number of anilines is 1. The molecule has 0 saturated heterocycles.